The standard InChI is InChI=1S/C19H25F3N2O3/c1-12(2)9-15-10-13(11-17(25)24-15)18(26)23-7-8-27-16-5-3-14(4-6-16)19(20,21)22/h3-6,12-13,15H,7-11H2,1-2H3,(H,23,26)(H,24,25)/t13-,15+/m0/s1. The Kier molecular flexibility index (Phi) is 7.10. The van der Waals surface area contributed by atoms with E-state index in [9.17, 15) is 22.8 Å². The molecule has 0 radical (unpaired) electrons. The lowest BCUT2D eigenvalue weighted by Crippen LogP contribution is -2.47. The first-order chi connectivity index (χ1) is 12.6. The summed E-state index contributed by atoms with van der Waals surface area (Å²) in [7, 11) is 0. The van der Waals surface area contributed by atoms with E-state index in [1.54, 1.807) is 0 Å². The number of nitrogens with one attached hydrogen (secondary N) is 2. The second kappa shape index (κ2) is 9.10. The molecule has 0 aromatic heterocycles. The molecular weight excluding hydrogens is 361 g/mol. The fraction of sp³-hybridized carbons (Fsp3) is 0.579. The molecular formula is C19H25F3N2O3. The van der Waals surface area contributed by atoms with E-state index >= 15 is 0 Å². The Morgan fingerprint density at radius 1 is 1.30 bits per heavy atom. The third-order valence-electron chi connectivity index (χ3n) is 4.34. The molecule has 2 rings (SSSR count). The highest BCUT2D eigenvalue weighted by Gasteiger charge is 2.31. The van der Waals surface area contributed by atoms with Crippen molar-refractivity contribution < 1.29 is 27.5 Å². The second-order valence-corrected chi connectivity index (χ2v) is 7.19. The van der Waals surface area contributed by atoms with Crippen LogP contribution in [0.3, 0.4) is 0 Å². The first-order valence-electron chi connectivity index (χ1n) is 9.02. The monoisotopic (exact) mass is 386 g/mol. The van der Waals surface area contributed by atoms with Gasteiger partial charge < -0.3 is 15.4 Å². The summed E-state index contributed by atoms with van der Waals surface area (Å²) in [5, 5.41) is 5.64. The minimum atomic E-state index is -4.38. The van der Waals surface area contributed by atoms with Crippen LogP contribution in [0, 0.1) is 11.8 Å². The van der Waals surface area contributed by atoms with Gasteiger partial charge in [-0.05, 0) is 43.0 Å². The summed E-state index contributed by atoms with van der Waals surface area (Å²) in [5.74, 6) is 0.0387. The van der Waals surface area contributed by atoms with E-state index in [1.165, 1.54) is 12.1 Å². The van der Waals surface area contributed by atoms with E-state index in [2.05, 4.69) is 24.5 Å². The number of ether oxygens (including phenoxy) is 1. The van der Waals surface area contributed by atoms with Crippen LogP contribution >= 0.6 is 0 Å². The molecule has 2 atom stereocenters. The second-order valence-electron chi connectivity index (χ2n) is 7.19. The summed E-state index contributed by atoms with van der Waals surface area (Å²) in [5.41, 5.74) is -0.741. The van der Waals surface area contributed by atoms with Gasteiger partial charge in [0.05, 0.1) is 12.1 Å². The van der Waals surface area contributed by atoms with Crippen LogP contribution in [0.4, 0.5) is 13.2 Å². The number of amides is 2. The van der Waals surface area contributed by atoms with Crippen molar-refractivity contribution in [1.29, 1.82) is 0 Å². The van der Waals surface area contributed by atoms with E-state index in [-0.39, 0.29) is 43.3 Å². The van der Waals surface area contributed by atoms with E-state index < -0.39 is 11.7 Å². The van der Waals surface area contributed by atoms with Crippen molar-refractivity contribution in [1.82, 2.24) is 10.6 Å². The third-order valence-corrected chi connectivity index (χ3v) is 4.34. The van der Waals surface area contributed by atoms with Crippen molar-refractivity contribution >= 4 is 11.8 Å². The van der Waals surface area contributed by atoms with Gasteiger partial charge in [-0.15, -0.1) is 0 Å². The van der Waals surface area contributed by atoms with Crippen LogP contribution in [0.2, 0.25) is 0 Å². The van der Waals surface area contributed by atoms with E-state index in [1.807, 2.05) is 0 Å². The third kappa shape index (κ3) is 6.77. The maximum Gasteiger partial charge on any atom is 0.416 e. The van der Waals surface area contributed by atoms with Crippen LogP contribution in [0.25, 0.3) is 0 Å². The number of alkyl halides is 3. The SMILES string of the molecule is CC(C)C[C@@H]1C[C@H](C(=O)NCCOc2ccc(C(F)(F)F)cc2)CC(=O)N1. The fourth-order valence-electron chi connectivity index (χ4n) is 3.15. The topological polar surface area (TPSA) is 67.4 Å². The molecule has 1 heterocycles. The number of rotatable bonds is 7. The Labute approximate surface area is 156 Å². The zero-order valence-corrected chi connectivity index (χ0v) is 15.4. The first kappa shape index (κ1) is 21.1. The highest BCUT2D eigenvalue weighted by atomic mass is 19.4. The average molecular weight is 386 g/mol. The van der Waals surface area contributed by atoms with Crippen LogP contribution in [-0.2, 0) is 15.8 Å². The van der Waals surface area contributed by atoms with Gasteiger partial charge in [-0.25, -0.2) is 0 Å². The molecule has 1 aliphatic heterocycles. The largest absolute Gasteiger partial charge is 0.492 e. The van der Waals surface area contributed by atoms with E-state index in [0.717, 1.165) is 18.6 Å². The molecule has 1 aliphatic rings. The molecule has 0 saturated carbocycles. The smallest absolute Gasteiger partial charge is 0.416 e. The number of hydrogen-bond donors (Lipinski definition) is 2. The zero-order valence-electron chi connectivity index (χ0n) is 15.4. The van der Waals surface area contributed by atoms with Gasteiger partial charge in [-0.2, -0.15) is 13.2 Å². The normalized spacial score (nSPS) is 20.3. The number of hydrogen-bond acceptors (Lipinski definition) is 3. The Morgan fingerprint density at radius 3 is 2.56 bits per heavy atom. The fourth-order valence-corrected chi connectivity index (χ4v) is 3.15. The Bertz CT molecular complexity index is 645. The molecule has 1 saturated heterocycles. The minimum Gasteiger partial charge on any atom is -0.492 e. The summed E-state index contributed by atoms with van der Waals surface area (Å²) in [4.78, 5) is 24.1. The van der Waals surface area contributed by atoms with Gasteiger partial charge in [-0.3, -0.25) is 9.59 Å². The zero-order chi connectivity index (χ0) is 20.0. The summed E-state index contributed by atoms with van der Waals surface area (Å²) >= 11 is 0. The van der Waals surface area contributed by atoms with Gasteiger partial charge in [0.15, 0.2) is 0 Å². The number of halogens is 3. The summed E-state index contributed by atoms with van der Waals surface area (Å²) < 4.78 is 42.8. The van der Waals surface area contributed by atoms with Crippen LogP contribution in [0.1, 0.15) is 38.7 Å². The summed E-state index contributed by atoms with van der Waals surface area (Å²) in [6, 6.07) is 4.39. The van der Waals surface area contributed by atoms with Crippen LogP contribution in [0.15, 0.2) is 24.3 Å². The molecule has 0 aliphatic carbocycles. The Morgan fingerprint density at radius 2 is 1.96 bits per heavy atom. The van der Waals surface area contributed by atoms with Crippen LogP contribution < -0.4 is 15.4 Å². The van der Waals surface area contributed by atoms with Gasteiger partial charge in [0, 0.05) is 18.4 Å². The molecule has 2 N–H and O–H groups in total. The maximum absolute atomic E-state index is 12.5. The van der Waals surface area contributed by atoms with Crippen molar-refractivity contribution in [2.45, 2.75) is 45.3 Å². The van der Waals surface area contributed by atoms with Crippen molar-refractivity contribution in [3.8, 4) is 5.75 Å². The van der Waals surface area contributed by atoms with E-state index in [4.69, 9.17) is 4.74 Å². The molecule has 27 heavy (non-hydrogen) atoms. The molecule has 150 valence electrons. The van der Waals surface area contributed by atoms with Crippen molar-refractivity contribution in [3.63, 3.8) is 0 Å². The number of carbonyl (C=O) groups excluding carboxylic acids is 2. The molecule has 0 spiro atoms. The predicted molar refractivity (Wildman–Crippen MR) is 94.1 cm³/mol. The Hall–Kier alpha value is -2.25. The molecule has 1 aromatic carbocycles. The molecule has 0 bridgehead atoms. The number of benzene rings is 1. The summed E-state index contributed by atoms with van der Waals surface area (Å²) in [6.07, 6.45) is -2.78. The highest BCUT2D eigenvalue weighted by Crippen LogP contribution is 2.30. The van der Waals surface area contributed by atoms with Gasteiger partial charge in [0.1, 0.15) is 12.4 Å². The minimum absolute atomic E-state index is 0.00500. The molecule has 1 aromatic rings. The van der Waals surface area contributed by atoms with Crippen molar-refractivity contribution in [2.75, 3.05) is 13.2 Å². The quantitative estimate of drug-likeness (QED) is 0.708. The molecule has 8 heteroatoms. The van der Waals surface area contributed by atoms with Crippen LogP contribution in [-0.4, -0.2) is 31.0 Å². The van der Waals surface area contributed by atoms with Crippen molar-refractivity contribution in [2.24, 2.45) is 11.8 Å². The summed E-state index contributed by atoms with van der Waals surface area (Å²) in [6.45, 7) is 4.47. The van der Waals surface area contributed by atoms with Gasteiger partial charge in [-0.1, -0.05) is 13.8 Å². The number of piperidine rings is 1. The molecule has 5 nitrogen and oxygen atoms in total. The van der Waals surface area contributed by atoms with Crippen LogP contribution in [0.5, 0.6) is 5.75 Å². The highest BCUT2D eigenvalue weighted by molar-refractivity contribution is 5.87. The maximum atomic E-state index is 12.5. The van der Waals surface area contributed by atoms with Crippen molar-refractivity contribution in [3.05, 3.63) is 29.8 Å². The lowest BCUT2D eigenvalue weighted by atomic mass is 9.87. The average Bonchev–Trinajstić information content (AvgIpc) is 2.57. The predicted octanol–water partition coefficient (Wildman–Crippen LogP) is 3.14. The van der Waals surface area contributed by atoms with Gasteiger partial charge in [0.2, 0.25) is 11.8 Å². The molecule has 0 unspecified atom stereocenters. The molecule has 2 amide bonds. The Balaban J connectivity index is 1.74. The number of carbonyl (C=O) groups is 2. The molecule has 1 fully saturated rings. The van der Waals surface area contributed by atoms with Gasteiger partial charge >= 0.3 is 6.18 Å². The first-order valence-corrected chi connectivity index (χ1v) is 9.02. The van der Waals surface area contributed by atoms with E-state index in [0.29, 0.717) is 18.1 Å². The lowest BCUT2D eigenvalue weighted by Gasteiger charge is -2.30. The lowest BCUT2D eigenvalue weighted by molar-refractivity contribution is -0.137. The van der Waals surface area contributed by atoms with Gasteiger partial charge in [0.25, 0.3) is 0 Å².